The number of benzene rings is 1. The number of halogens is 2. The van der Waals surface area contributed by atoms with Crippen molar-refractivity contribution in [2.75, 3.05) is 0 Å². The first-order valence-electron chi connectivity index (χ1n) is 4.50. The Kier molecular flexibility index (Phi) is 6.57. The molecule has 0 aliphatic carbocycles. The number of carbonyl (C=O) groups is 2. The van der Waals surface area contributed by atoms with E-state index in [1.54, 1.807) is 24.3 Å². The van der Waals surface area contributed by atoms with Gasteiger partial charge in [0, 0.05) is 5.02 Å². The molecule has 0 bridgehead atoms. The fourth-order valence-corrected chi connectivity index (χ4v) is 1.26. The van der Waals surface area contributed by atoms with Crippen LogP contribution in [0.25, 0.3) is 0 Å². The Labute approximate surface area is 109 Å². The molecule has 0 saturated heterocycles. The van der Waals surface area contributed by atoms with E-state index in [2.05, 4.69) is 10.5 Å². The molecule has 0 heterocycles. The molecule has 5 nitrogen and oxygen atoms in total. The van der Waals surface area contributed by atoms with Gasteiger partial charge in [0.25, 0.3) is 0 Å². The Balaban J connectivity index is 0.00000256. The van der Waals surface area contributed by atoms with Gasteiger partial charge in [-0.3, -0.25) is 0 Å². The normalized spacial score (nSPS) is 11.2. The minimum atomic E-state index is -1.16. The Morgan fingerprint density at radius 3 is 2.29 bits per heavy atom. The molecular weight excluding hydrogens is 267 g/mol. The highest BCUT2D eigenvalue weighted by molar-refractivity contribution is 6.30. The van der Waals surface area contributed by atoms with Gasteiger partial charge in [-0.05, 0) is 24.1 Å². The Morgan fingerprint density at radius 1 is 1.29 bits per heavy atom. The second-order valence-corrected chi connectivity index (χ2v) is 3.61. The molecule has 1 aromatic rings. The van der Waals surface area contributed by atoms with E-state index in [1.807, 2.05) is 0 Å². The summed E-state index contributed by atoms with van der Waals surface area (Å²) >= 11 is 5.70. The highest BCUT2D eigenvalue weighted by atomic mass is 35.5. The summed E-state index contributed by atoms with van der Waals surface area (Å²) in [6.07, 6.45) is -0.903. The molecule has 94 valence electrons. The van der Waals surface area contributed by atoms with Gasteiger partial charge in [0.05, 0.1) is 0 Å². The number of nitrogens with two attached hydrogens (primary N) is 2. The Morgan fingerprint density at radius 2 is 1.82 bits per heavy atom. The van der Waals surface area contributed by atoms with E-state index in [0.717, 1.165) is 5.56 Å². The van der Waals surface area contributed by atoms with Crippen LogP contribution in [0.3, 0.4) is 0 Å². The average molecular weight is 279 g/mol. The van der Waals surface area contributed by atoms with E-state index in [9.17, 15) is 9.59 Å². The quantitative estimate of drug-likeness (QED) is 0.643. The number of hydrogen-bond donors (Lipinski definition) is 2. The zero-order chi connectivity index (χ0) is 12.1. The van der Waals surface area contributed by atoms with Crippen LogP contribution in [0.5, 0.6) is 0 Å². The van der Waals surface area contributed by atoms with Crippen molar-refractivity contribution in [2.45, 2.75) is 12.5 Å². The molecule has 0 fully saturated rings. The second-order valence-electron chi connectivity index (χ2n) is 3.18. The lowest BCUT2D eigenvalue weighted by Crippen LogP contribution is -2.36. The maximum atomic E-state index is 11.2. The maximum Gasteiger partial charge on any atom is 0.412 e. The highest BCUT2D eigenvalue weighted by Gasteiger charge is 2.17. The third-order valence-corrected chi connectivity index (χ3v) is 2.12. The molecule has 0 unspecified atom stereocenters. The summed E-state index contributed by atoms with van der Waals surface area (Å²) in [7, 11) is 0. The van der Waals surface area contributed by atoms with Crippen LogP contribution in [0, 0.1) is 0 Å². The molecule has 0 aromatic heterocycles. The maximum absolute atomic E-state index is 11.2. The third-order valence-electron chi connectivity index (χ3n) is 1.87. The Hall–Kier alpha value is -1.30. The minimum absolute atomic E-state index is 0. The molecule has 1 atom stereocenters. The summed E-state index contributed by atoms with van der Waals surface area (Å²) in [6.45, 7) is 0. The van der Waals surface area contributed by atoms with E-state index >= 15 is 0 Å². The van der Waals surface area contributed by atoms with Crippen molar-refractivity contribution < 1.29 is 14.3 Å². The molecule has 0 aliphatic rings. The van der Waals surface area contributed by atoms with Gasteiger partial charge in [0.15, 0.2) is 0 Å². The van der Waals surface area contributed by atoms with Crippen molar-refractivity contribution in [2.24, 2.45) is 11.5 Å². The fraction of sp³-hybridized carbons (Fsp3) is 0.200. The summed E-state index contributed by atoms with van der Waals surface area (Å²) in [6, 6.07) is 5.92. The van der Waals surface area contributed by atoms with Crippen LogP contribution in [0.4, 0.5) is 4.79 Å². The number of amides is 1. The second kappa shape index (κ2) is 7.11. The molecule has 7 heteroatoms. The number of hydrogen-bond acceptors (Lipinski definition) is 4. The predicted molar refractivity (Wildman–Crippen MR) is 66.1 cm³/mol. The summed E-state index contributed by atoms with van der Waals surface area (Å²) < 4.78 is 4.16. The van der Waals surface area contributed by atoms with Gasteiger partial charge in [-0.25, -0.2) is 9.59 Å². The summed E-state index contributed by atoms with van der Waals surface area (Å²) in [4.78, 5) is 21.5. The van der Waals surface area contributed by atoms with Crippen LogP contribution in [0.1, 0.15) is 5.56 Å². The molecule has 4 N–H and O–H groups in total. The molecule has 0 radical (unpaired) electrons. The SMILES string of the molecule is Cl.NC(=O)OC(=O)[C@@H](N)Cc1ccc(Cl)cc1. The summed E-state index contributed by atoms with van der Waals surface area (Å²) in [5.74, 6) is -0.845. The smallest absolute Gasteiger partial charge is 0.375 e. The van der Waals surface area contributed by atoms with Gasteiger partial charge >= 0.3 is 12.1 Å². The molecule has 1 amide bonds. The monoisotopic (exact) mass is 278 g/mol. The largest absolute Gasteiger partial charge is 0.412 e. The first-order valence-corrected chi connectivity index (χ1v) is 4.88. The molecule has 0 spiro atoms. The van der Waals surface area contributed by atoms with Gasteiger partial charge in [0.2, 0.25) is 0 Å². The molecule has 1 aromatic carbocycles. The van der Waals surface area contributed by atoms with Gasteiger partial charge in [-0.1, -0.05) is 23.7 Å². The van der Waals surface area contributed by atoms with Crippen LogP contribution < -0.4 is 11.5 Å². The standard InChI is InChI=1S/C10H11ClN2O3.ClH/c11-7-3-1-6(2-4-7)5-8(12)9(14)16-10(13)15;/h1-4,8H,5,12H2,(H2,13,15);1H/t8-;/m0./s1. The average Bonchev–Trinajstić information content (AvgIpc) is 2.20. The fourth-order valence-electron chi connectivity index (χ4n) is 1.13. The first kappa shape index (κ1) is 15.7. The molecule has 0 aliphatic heterocycles. The predicted octanol–water partition coefficient (Wildman–Crippen LogP) is 1.25. The number of rotatable bonds is 3. The van der Waals surface area contributed by atoms with Gasteiger partial charge in [0.1, 0.15) is 6.04 Å². The first-order chi connectivity index (χ1) is 7.49. The summed E-state index contributed by atoms with van der Waals surface area (Å²) in [5, 5.41) is 0.594. The molecule has 0 saturated carbocycles. The van der Waals surface area contributed by atoms with E-state index < -0.39 is 18.1 Å². The van der Waals surface area contributed by atoms with E-state index in [1.165, 1.54) is 0 Å². The summed E-state index contributed by atoms with van der Waals surface area (Å²) in [5.41, 5.74) is 11.0. The number of carbonyl (C=O) groups excluding carboxylic acids is 2. The zero-order valence-electron chi connectivity index (χ0n) is 8.76. The van der Waals surface area contributed by atoms with Gasteiger partial charge in [-0.15, -0.1) is 12.4 Å². The lowest BCUT2D eigenvalue weighted by atomic mass is 10.1. The number of primary amides is 1. The molecular formula is C10H12Cl2N2O3. The molecule has 1 rings (SSSR count). The van der Waals surface area contributed by atoms with Crippen LogP contribution >= 0.6 is 24.0 Å². The van der Waals surface area contributed by atoms with E-state index in [4.69, 9.17) is 17.3 Å². The van der Waals surface area contributed by atoms with Crippen molar-refractivity contribution in [1.29, 1.82) is 0 Å². The van der Waals surface area contributed by atoms with E-state index in [0.29, 0.717) is 5.02 Å². The van der Waals surface area contributed by atoms with Crippen molar-refractivity contribution in [1.82, 2.24) is 0 Å². The number of ether oxygens (including phenoxy) is 1. The lowest BCUT2D eigenvalue weighted by molar-refractivity contribution is -0.138. The van der Waals surface area contributed by atoms with Gasteiger partial charge in [-0.2, -0.15) is 0 Å². The van der Waals surface area contributed by atoms with Crippen molar-refractivity contribution >= 4 is 36.1 Å². The van der Waals surface area contributed by atoms with Crippen molar-refractivity contribution in [3.05, 3.63) is 34.9 Å². The molecule has 17 heavy (non-hydrogen) atoms. The van der Waals surface area contributed by atoms with Crippen LogP contribution in [-0.2, 0) is 16.0 Å². The van der Waals surface area contributed by atoms with Crippen LogP contribution in [-0.4, -0.2) is 18.1 Å². The lowest BCUT2D eigenvalue weighted by Gasteiger charge is -2.09. The van der Waals surface area contributed by atoms with E-state index in [-0.39, 0.29) is 18.8 Å². The van der Waals surface area contributed by atoms with Crippen molar-refractivity contribution in [3.8, 4) is 0 Å². The zero-order valence-corrected chi connectivity index (χ0v) is 10.3. The van der Waals surface area contributed by atoms with Crippen LogP contribution in [0.15, 0.2) is 24.3 Å². The highest BCUT2D eigenvalue weighted by Crippen LogP contribution is 2.10. The van der Waals surface area contributed by atoms with Crippen molar-refractivity contribution in [3.63, 3.8) is 0 Å². The third kappa shape index (κ3) is 5.53. The van der Waals surface area contributed by atoms with Gasteiger partial charge < -0.3 is 16.2 Å². The number of esters is 1. The Bertz CT molecular complexity index is 395. The van der Waals surface area contributed by atoms with Crippen LogP contribution in [0.2, 0.25) is 5.02 Å². The minimum Gasteiger partial charge on any atom is -0.375 e. The topological polar surface area (TPSA) is 95.4 Å².